The maximum Gasteiger partial charge on any atom is 0.258 e. The van der Waals surface area contributed by atoms with Gasteiger partial charge in [-0.1, -0.05) is 71.4 Å². The maximum absolute atomic E-state index is 13.2. The summed E-state index contributed by atoms with van der Waals surface area (Å²) in [7, 11) is 0. The van der Waals surface area contributed by atoms with Crippen molar-refractivity contribution < 1.29 is 14.3 Å². The number of carbonyl (C=O) groups is 2. The third kappa shape index (κ3) is 6.55. The molecule has 1 aliphatic heterocycles. The normalized spacial score (nSPS) is 12.6. The first-order valence-corrected chi connectivity index (χ1v) is 14.1. The van der Waals surface area contributed by atoms with Crippen LogP contribution >= 0.6 is 35.0 Å². The number of ether oxygens (including phenoxy) is 1. The number of anilines is 1. The lowest BCUT2D eigenvalue weighted by atomic mass is 10.0. The number of carbonyl (C=O) groups excluding carboxylic acids is 2. The van der Waals surface area contributed by atoms with Crippen LogP contribution in [-0.4, -0.2) is 45.5 Å². The number of thioether (sulfide) groups is 1. The summed E-state index contributed by atoms with van der Waals surface area (Å²) in [6.07, 6.45) is 1.88. The van der Waals surface area contributed by atoms with Crippen molar-refractivity contribution in [3.8, 4) is 11.4 Å². The van der Waals surface area contributed by atoms with Gasteiger partial charge in [-0.2, -0.15) is 0 Å². The predicted molar refractivity (Wildman–Crippen MR) is 153 cm³/mol. The molecule has 2 amide bonds. The number of rotatable bonds is 9. The zero-order valence-corrected chi connectivity index (χ0v) is 23.2. The van der Waals surface area contributed by atoms with Crippen molar-refractivity contribution in [2.75, 3.05) is 23.8 Å². The fraction of sp³-hybridized carbons (Fsp3) is 0.214. The minimum absolute atomic E-state index is 0.0104. The van der Waals surface area contributed by atoms with E-state index in [-0.39, 0.29) is 30.7 Å². The van der Waals surface area contributed by atoms with E-state index in [1.54, 1.807) is 34.9 Å². The molecule has 0 atom stereocenters. The van der Waals surface area contributed by atoms with Gasteiger partial charge in [0.2, 0.25) is 5.91 Å². The van der Waals surface area contributed by atoms with E-state index in [1.807, 2.05) is 41.3 Å². The summed E-state index contributed by atoms with van der Waals surface area (Å²) < 4.78 is 7.29. The molecule has 1 aliphatic rings. The monoisotopic (exact) mass is 581 g/mol. The van der Waals surface area contributed by atoms with E-state index in [4.69, 9.17) is 27.9 Å². The van der Waals surface area contributed by atoms with Gasteiger partial charge in [-0.25, -0.2) is 0 Å². The largest absolute Gasteiger partial charge is 0.484 e. The summed E-state index contributed by atoms with van der Waals surface area (Å²) in [5.41, 5.74) is 2.80. The molecule has 200 valence electrons. The highest BCUT2D eigenvalue weighted by Crippen LogP contribution is 2.30. The Balaban J connectivity index is 1.31. The van der Waals surface area contributed by atoms with Gasteiger partial charge in [0.05, 0.1) is 28.0 Å². The highest BCUT2D eigenvalue weighted by molar-refractivity contribution is 7.99. The number of hydrogen-bond donors (Lipinski definition) is 1. The SMILES string of the molecule is O=C(COc1ccccc1)NCc1nnc(SCC(=O)N2CCCc3ccccc32)n1-c1ccc(Cl)c(Cl)c1. The Labute approximate surface area is 240 Å². The standard InChI is InChI=1S/C28H25Cl2N5O3S/c29-22-13-12-20(15-23(22)30)35-25(16-31-26(36)17-38-21-9-2-1-3-10-21)32-33-28(35)39-18-27(37)34-14-6-8-19-7-4-5-11-24(19)34/h1-5,7,9-13,15H,6,8,14,16-18H2,(H,31,36). The number of halogens is 2. The van der Waals surface area contributed by atoms with Gasteiger partial charge in [0.25, 0.3) is 5.91 Å². The van der Waals surface area contributed by atoms with Crippen LogP contribution in [0.1, 0.15) is 17.8 Å². The third-order valence-electron chi connectivity index (χ3n) is 6.15. The Morgan fingerprint density at radius 3 is 2.59 bits per heavy atom. The molecule has 0 saturated carbocycles. The van der Waals surface area contributed by atoms with Crippen molar-refractivity contribution >= 4 is 52.5 Å². The molecule has 3 aromatic carbocycles. The van der Waals surface area contributed by atoms with Crippen molar-refractivity contribution in [1.29, 1.82) is 0 Å². The average molecular weight is 583 g/mol. The number of amides is 2. The quantitative estimate of drug-likeness (QED) is 0.268. The number of aryl methyl sites for hydroxylation is 1. The lowest BCUT2D eigenvalue weighted by Crippen LogP contribution is -2.36. The number of para-hydroxylation sites is 2. The number of benzene rings is 3. The van der Waals surface area contributed by atoms with E-state index >= 15 is 0 Å². The molecule has 1 N–H and O–H groups in total. The summed E-state index contributed by atoms with van der Waals surface area (Å²) in [6, 6.07) is 22.3. The molecule has 2 heterocycles. The van der Waals surface area contributed by atoms with Crippen LogP contribution in [0.2, 0.25) is 10.0 Å². The van der Waals surface area contributed by atoms with Crippen LogP contribution in [0, 0.1) is 0 Å². The second kappa shape index (κ2) is 12.5. The van der Waals surface area contributed by atoms with Crippen molar-refractivity contribution in [3.05, 3.63) is 94.2 Å². The number of nitrogens with zero attached hydrogens (tertiary/aromatic N) is 4. The van der Waals surface area contributed by atoms with Crippen LogP contribution in [0.5, 0.6) is 5.75 Å². The Morgan fingerprint density at radius 1 is 0.974 bits per heavy atom. The Bertz CT molecular complexity index is 1480. The molecular weight excluding hydrogens is 557 g/mol. The van der Waals surface area contributed by atoms with E-state index in [9.17, 15) is 9.59 Å². The summed E-state index contributed by atoms with van der Waals surface area (Å²) in [4.78, 5) is 27.5. The van der Waals surface area contributed by atoms with Gasteiger partial charge in [-0.05, 0) is 54.8 Å². The first kappa shape index (κ1) is 27.1. The van der Waals surface area contributed by atoms with Crippen LogP contribution in [-0.2, 0) is 22.6 Å². The molecule has 0 aliphatic carbocycles. The highest BCUT2D eigenvalue weighted by atomic mass is 35.5. The molecule has 5 rings (SSSR count). The first-order valence-electron chi connectivity index (χ1n) is 12.3. The minimum Gasteiger partial charge on any atom is -0.484 e. The van der Waals surface area contributed by atoms with Gasteiger partial charge in [0.1, 0.15) is 5.75 Å². The number of fused-ring (bicyclic) bond motifs is 1. The number of nitrogens with one attached hydrogen (secondary N) is 1. The van der Waals surface area contributed by atoms with E-state index in [0.717, 1.165) is 18.5 Å². The fourth-order valence-corrected chi connectivity index (χ4v) is 5.42. The van der Waals surface area contributed by atoms with Crippen LogP contribution in [0.3, 0.4) is 0 Å². The maximum atomic E-state index is 13.2. The van der Waals surface area contributed by atoms with Gasteiger partial charge in [-0.15, -0.1) is 10.2 Å². The summed E-state index contributed by atoms with van der Waals surface area (Å²) >= 11 is 13.7. The van der Waals surface area contributed by atoms with E-state index in [2.05, 4.69) is 21.6 Å². The molecule has 8 nitrogen and oxygen atoms in total. The first-order chi connectivity index (χ1) is 19.0. The average Bonchev–Trinajstić information content (AvgIpc) is 3.38. The topological polar surface area (TPSA) is 89.3 Å². The molecule has 0 spiro atoms. The Hall–Kier alpha value is -3.53. The fourth-order valence-electron chi connectivity index (χ4n) is 4.28. The van der Waals surface area contributed by atoms with E-state index < -0.39 is 0 Å². The molecule has 0 unspecified atom stereocenters. The lowest BCUT2D eigenvalue weighted by Gasteiger charge is -2.29. The lowest BCUT2D eigenvalue weighted by molar-refractivity contribution is -0.123. The van der Waals surface area contributed by atoms with Gasteiger partial charge in [0, 0.05) is 12.2 Å². The van der Waals surface area contributed by atoms with Crippen LogP contribution in [0.25, 0.3) is 5.69 Å². The number of hydrogen-bond acceptors (Lipinski definition) is 6. The molecule has 0 saturated heterocycles. The highest BCUT2D eigenvalue weighted by Gasteiger charge is 2.24. The second-order valence-corrected chi connectivity index (χ2v) is 10.5. The molecule has 1 aromatic heterocycles. The molecule has 11 heteroatoms. The molecular formula is C28H25Cl2N5O3S. The zero-order chi connectivity index (χ0) is 27.2. The molecule has 0 fully saturated rings. The van der Waals surface area contributed by atoms with E-state index in [1.165, 1.54) is 17.3 Å². The number of aromatic nitrogens is 3. The van der Waals surface area contributed by atoms with Crippen molar-refractivity contribution in [1.82, 2.24) is 20.1 Å². The molecule has 0 radical (unpaired) electrons. The summed E-state index contributed by atoms with van der Waals surface area (Å²) in [5.74, 6) is 0.927. The van der Waals surface area contributed by atoms with Gasteiger partial charge in [0.15, 0.2) is 17.6 Å². The predicted octanol–water partition coefficient (Wildman–Crippen LogP) is 5.34. The molecule has 4 aromatic rings. The van der Waals surface area contributed by atoms with Crippen LogP contribution in [0.15, 0.2) is 78.0 Å². The van der Waals surface area contributed by atoms with Gasteiger partial charge >= 0.3 is 0 Å². The third-order valence-corrected chi connectivity index (χ3v) is 7.81. The van der Waals surface area contributed by atoms with E-state index in [0.29, 0.717) is 39.0 Å². The van der Waals surface area contributed by atoms with Crippen LogP contribution < -0.4 is 15.0 Å². The van der Waals surface area contributed by atoms with Gasteiger partial charge in [-0.3, -0.25) is 14.2 Å². The minimum atomic E-state index is -0.310. The molecule has 0 bridgehead atoms. The smallest absolute Gasteiger partial charge is 0.258 e. The van der Waals surface area contributed by atoms with Crippen molar-refractivity contribution in [3.63, 3.8) is 0 Å². The van der Waals surface area contributed by atoms with Crippen LogP contribution in [0.4, 0.5) is 5.69 Å². The van der Waals surface area contributed by atoms with Crippen molar-refractivity contribution in [2.45, 2.75) is 24.5 Å². The Kier molecular flexibility index (Phi) is 8.71. The second-order valence-electron chi connectivity index (χ2n) is 8.78. The Morgan fingerprint density at radius 2 is 1.77 bits per heavy atom. The molecule has 39 heavy (non-hydrogen) atoms. The van der Waals surface area contributed by atoms with Gasteiger partial charge < -0.3 is 15.0 Å². The zero-order valence-electron chi connectivity index (χ0n) is 20.8. The summed E-state index contributed by atoms with van der Waals surface area (Å²) in [6.45, 7) is 0.634. The summed E-state index contributed by atoms with van der Waals surface area (Å²) in [5, 5.41) is 12.7. The van der Waals surface area contributed by atoms with Crippen molar-refractivity contribution in [2.24, 2.45) is 0 Å².